The van der Waals surface area contributed by atoms with Crippen molar-refractivity contribution < 1.29 is 33.4 Å². The summed E-state index contributed by atoms with van der Waals surface area (Å²) in [5.74, 6) is -1.45. The summed E-state index contributed by atoms with van der Waals surface area (Å²) in [6, 6.07) is 12.7. The summed E-state index contributed by atoms with van der Waals surface area (Å²) in [6.07, 6.45) is 0.0951. The van der Waals surface area contributed by atoms with Crippen LogP contribution in [0.25, 0.3) is 0 Å². The van der Waals surface area contributed by atoms with Crippen molar-refractivity contribution >= 4 is 23.8 Å². The zero-order valence-electron chi connectivity index (χ0n) is 18.0. The Morgan fingerprint density at radius 2 is 1.41 bits per heavy atom. The third-order valence-electron chi connectivity index (χ3n) is 4.33. The quantitative estimate of drug-likeness (QED) is 0.399. The number of rotatable bonds is 11. The van der Waals surface area contributed by atoms with Gasteiger partial charge in [-0.1, -0.05) is 36.4 Å². The molecule has 0 aliphatic carbocycles. The van der Waals surface area contributed by atoms with E-state index in [2.05, 4.69) is 5.32 Å². The Balaban J connectivity index is 2.07. The lowest BCUT2D eigenvalue weighted by Gasteiger charge is -2.18. The second-order valence-electron chi connectivity index (χ2n) is 6.95. The summed E-state index contributed by atoms with van der Waals surface area (Å²) < 4.78 is 15.7. The van der Waals surface area contributed by atoms with Gasteiger partial charge < -0.3 is 25.3 Å². The highest BCUT2D eigenvalue weighted by atomic mass is 16.5. The third-order valence-corrected chi connectivity index (χ3v) is 4.33. The highest BCUT2D eigenvalue weighted by Crippen LogP contribution is 2.20. The Bertz CT molecular complexity index is 974. The van der Waals surface area contributed by atoms with Gasteiger partial charge in [-0.15, -0.1) is 0 Å². The van der Waals surface area contributed by atoms with Crippen LogP contribution in [0.3, 0.4) is 0 Å². The van der Waals surface area contributed by atoms with E-state index in [-0.39, 0.29) is 26.0 Å². The fourth-order valence-electron chi connectivity index (χ4n) is 2.85. The number of primary amides is 1. The molecule has 9 nitrogen and oxygen atoms in total. The Kier molecular flexibility index (Phi) is 9.37. The van der Waals surface area contributed by atoms with Crippen molar-refractivity contribution in [3.05, 3.63) is 59.7 Å². The maximum absolute atomic E-state index is 12.7. The van der Waals surface area contributed by atoms with E-state index in [0.29, 0.717) is 22.6 Å². The molecule has 2 aromatic carbocycles. The summed E-state index contributed by atoms with van der Waals surface area (Å²) in [6.45, 7) is 2.64. The standard InChI is InChI=1S/C23H26N2O7/c1-15(26)31-20-9-5-3-7-17(20)13-25-19(11-12-22(24)28)23(29)30-14-18-8-4-6-10-21(18)32-16(2)27/h3-10,19,25H,11-14H2,1-2H3,(H2,24,28)/t19-/m0/s1. The number of nitrogens with one attached hydrogen (secondary N) is 1. The molecule has 1 atom stereocenters. The summed E-state index contributed by atoms with van der Waals surface area (Å²) >= 11 is 0. The van der Waals surface area contributed by atoms with E-state index in [1.165, 1.54) is 13.8 Å². The molecule has 0 heterocycles. The molecule has 0 bridgehead atoms. The first-order valence-electron chi connectivity index (χ1n) is 9.97. The van der Waals surface area contributed by atoms with Crippen LogP contribution >= 0.6 is 0 Å². The summed E-state index contributed by atoms with van der Waals surface area (Å²) in [7, 11) is 0. The SMILES string of the molecule is CC(=O)Oc1ccccc1CN[C@@H](CCC(N)=O)C(=O)OCc1ccccc1OC(C)=O. The zero-order valence-corrected chi connectivity index (χ0v) is 18.0. The molecule has 1 amide bonds. The maximum atomic E-state index is 12.7. The number of amides is 1. The monoisotopic (exact) mass is 442 g/mol. The van der Waals surface area contributed by atoms with Crippen LogP contribution in [-0.4, -0.2) is 29.9 Å². The Morgan fingerprint density at radius 1 is 0.875 bits per heavy atom. The minimum absolute atomic E-state index is 0.0254. The van der Waals surface area contributed by atoms with Crippen molar-refractivity contribution in [1.29, 1.82) is 0 Å². The van der Waals surface area contributed by atoms with Crippen LogP contribution in [0.5, 0.6) is 11.5 Å². The van der Waals surface area contributed by atoms with Gasteiger partial charge in [-0.2, -0.15) is 0 Å². The van der Waals surface area contributed by atoms with Crippen molar-refractivity contribution in [2.45, 2.75) is 45.9 Å². The van der Waals surface area contributed by atoms with E-state index in [1.807, 2.05) is 0 Å². The second-order valence-corrected chi connectivity index (χ2v) is 6.95. The van der Waals surface area contributed by atoms with Crippen molar-refractivity contribution in [3.8, 4) is 11.5 Å². The van der Waals surface area contributed by atoms with Crippen LogP contribution in [0.1, 0.15) is 37.8 Å². The lowest BCUT2D eigenvalue weighted by molar-refractivity contribution is -0.148. The number of carbonyl (C=O) groups is 4. The molecule has 0 aromatic heterocycles. The number of nitrogens with two attached hydrogens (primary N) is 1. The van der Waals surface area contributed by atoms with Crippen molar-refractivity contribution in [2.24, 2.45) is 5.73 Å². The van der Waals surface area contributed by atoms with Gasteiger partial charge in [0.05, 0.1) is 0 Å². The molecule has 3 N–H and O–H groups in total. The number of para-hydroxylation sites is 2. The van der Waals surface area contributed by atoms with Crippen LogP contribution in [0.15, 0.2) is 48.5 Å². The van der Waals surface area contributed by atoms with Crippen LogP contribution < -0.4 is 20.5 Å². The summed E-state index contributed by atoms with van der Waals surface area (Å²) in [5, 5.41) is 3.03. The Morgan fingerprint density at radius 3 is 1.97 bits per heavy atom. The minimum atomic E-state index is -0.839. The predicted octanol–water partition coefficient (Wildman–Crippen LogP) is 2.00. The minimum Gasteiger partial charge on any atom is -0.460 e. The van der Waals surface area contributed by atoms with Gasteiger partial charge >= 0.3 is 17.9 Å². The lowest BCUT2D eigenvalue weighted by atomic mass is 10.1. The number of ether oxygens (including phenoxy) is 3. The van der Waals surface area contributed by atoms with Crippen LogP contribution in [0, 0.1) is 0 Å². The van der Waals surface area contributed by atoms with Gasteiger partial charge in [-0.25, -0.2) is 0 Å². The maximum Gasteiger partial charge on any atom is 0.323 e. The van der Waals surface area contributed by atoms with E-state index in [1.54, 1.807) is 48.5 Å². The van der Waals surface area contributed by atoms with Gasteiger partial charge in [-0.3, -0.25) is 19.2 Å². The second kappa shape index (κ2) is 12.2. The van der Waals surface area contributed by atoms with E-state index < -0.39 is 29.9 Å². The normalized spacial score (nSPS) is 11.3. The highest BCUT2D eigenvalue weighted by Gasteiger charge is 2.22. The van der Waals surface area contributed by atoms with Gasteiger partial charge in [0.15, 0.2) is 0 Å². The molecule has 0 fully saturated rings. The third kappa shape index (κ3) is 8.19. The molecule has 0 saturated carbocycles. The van der Waals surface area contributed by atoms with E-state index >= 15 is 0 Å². The van der Waals surface area contributed by atoms with Crippen LogP contribution in [0.2, 0.25) is 0 Å². The number of hydrogen-bond donors (Lipinski definition) is 2. The smallest absolute Gasteiger partial charge is 0.323 e. The van der Waals surface area contributed by atoms with Crippen molar-refractivity contribution in [1.82, 2.24) is 5.32 Å². The number of benzene rings is 2. The molecule has 0 saturated heterocycles. The number of carbonyl (C=O) groups excluding carboxylic acids is 4. The van der Waals surface area contributed by atoms with Gasteiger partial charge in [0.1, 0.15) is 24.1 Å². The van der Waals surface area contributed by atoms with Crippen LogP contribution in [-0.2, 0) is 37.1 Å². The summed E-state index contributed by atoms with van der Waals surface area (Å²) in [4.78, 5) is 46.5. The molecule has 2 rings (SSSR count). The van der Waals surface area contributed by atoms with E-state index in [9.17, 15) is 19.2 Å². The number of hydrogen-bond acceptors (Lipinski definition) is 8. The van der Waals surface area contributed by atoms with Crippen molar-refractivity contribution in [3.63, 3.8) is 0 Å². The van der Waals surface area contributed by atoms with Crippen LogP contribution in [0.4, 0.5) is 0 Å². The van der Waals surface area contributed by atoms with Gasteiger partial charge in [0, 0.05) is 37.9 Å². The average molecular weight is 442 g/mol. The molecule has 0 aliphatic rings. The molecule has 170 valence electrons. The first kappa shape index (κ1) is 24.5. The topological polar surface area (TPSA) is 134 Å². The average Bonchev–Trinajstić information content (AvgIpc) is 2.73. The van der Waals surface area contributed by atoms with Crippen molar-refractivity contribution in [2.75, 3.05) is 0 Å². The van der Waals surface area contributed by atoms with E-state index in [4.69, 9.17) is 19.9 Å². The molecular weight excluding hydrogens is 416 g/mol. The molecular formula is C23H26N2O7. The lowest BCUT2D eigenvalue weighted by Crippen LogP contribution is -2.38. The molecule has 32 heavy (non-hydrogen) atoms. The predicted molar refractivity (Wildman–Crippen MR) is 114 cm³/mol. The van der Waals surface area contributed by atoms with Gasteiger partial charge in [-0.05, 0) is 18.6 Å². The zero-order chi connectivity index (χ0) is 23.5. The first-order chi connectivity index (χ1) is 15.3. The molecule has 0 aliphatic heterocycles. The molecule has 0 unspecified atom stereocenters. The van der Waals surface area contributed by atoms with E-state index in [0.717, 1.165) is 0 Å². The molecule has 9 heteroatoms. The largest absolute Gasteiger partial charge is 0.460 e. The molecule has 0 spiro atoms. The molecule has 2 aromatic rings. The highest BCUT2D eigenvalue weighted by molar-refractivity contribution is 5.78. The first-order valence-corrected chi connectivity index (χ1v) is 9.97. The Labute approximate surface area is 185 Å². The van der Waals surface area contributed by atoms with Gasteiger partial charge in [0.2, 0.25) is 5.91 Å². The fourth-order valence-corrected chi connectivity index (χ4v) is 2.85. The molecule has 0 radical (unpaired) electrons. The Hall–Kier alpha value is -3.72. The fraction of sp³-hybridized carbons (Fsp3) is 0.304. The summed E-state index contributed by atoms with van der Waals surface area (Å²) in [5.41, 5.74) is 6.40. The van der Waals surface area contributed by atoms with Gasteiger partial charge in [0.25, 0.3) is 0 Å². The number of esters is 3.